The van der Waals surface area contributed by atoms with E-state index in [4.69, 9.17) is 0 Å². The SMILES string of the molecule is O=C(Nc1cccc(C(F)(F)F)c1)N1CCC[C@@H](CN2CCc3ccccc3C2)C1. The minimum absolute atomic E-state index is 0.171. The molecule has 1 saturated heterocycles. The molecule has 4 nitrogen and oxygen atoms in total. The van der Waals surface area contributed by atoms with Crippen LogP contribution in [0, 0.1) is 5.92 Å². The summed E-state index contributed by atoms with van der Waals surface area (Å²) in [6.07, 6.45) is -1.41. The van der Waals surface area contributed by atoms with Crippen molar-refractivity contribution in [1.82, 2.24) is 9.80 Å². The molecular weight excluding hydrogens is 391 g/mol. The molecule has 4 rings (SSSR count). The number of rotatable bonds is 3. The normalized spacial score (nSPS) is 20.0. The molecule has 7 heteroatoms. The second-order valence-corrected chi connectivity index (χ2v) is 8.22. The van der Waals surface area contributed by atoms with Crippen molar-refractivity contribution in [3.8, 4) is 0 Å². The molecule has 30 heavy (non-hydrogen) atoms. The Morgan fingerprint density at radius 1 is 1.07 bits per heavy atom. The maximum atomic E-state index is 12.9. The third-order valence-electron chi connectivity index (χ3n) is 5.97. The molecule has 1 atom stereocenters. The summed E-state index contributed by atoms with van der Waals surface area (Å²) in [5.41, 5.74) is 2.20. The average molecular weight is 417 g/mol. The Morgan fingerprint density at radius 3 is 2.67 bits per heavy atom. The van der Waals surface area contributed by atoms with Crippen LogP contribution in [0.25, 0.3) is 0 Å². The van der Waals surface area contributed by atoms with Crippen molar-refractivity contribution in [2.24, 2.45) is 5.92 Å². The van der Waals surface area contributed by atoms with Crippen LogP contribution in [0.4, 0.5) is 23.7 Å². The first kappa shape index (κ1) is 20.7. The maximum Gasteiger partial charge on any atom is 0.416 e. The number of benzene rings is 2. The smallest absolute Gasteiger partial charge is 0.324 e. The molecule has 2 aliphatic heterocycles. The van der Waals surface area contributed by atoms with Crippen LogP contribution in [-0.4, -0.2) is 42.0 Å². The van der Waals surface area contributed by atoms with Gasteiger partial charge in [-0.3, -0.25) is 4.90 Å². The number of anilines is 1. The summed E-state index contributed by atoms with van der Waals surface area (Å²) in [5, 5.41) is 2.63. The van der Waals surface area contributed by atoms with Crippen LogP contribution in [-0.2, 0) is 19.1 Å². The Morgan fingerprint density at radius 2 is 1.87 bits per heavy atom. The quantitative estimate of drug-likeness (QED) is 0.762. The van der Waals surface area contributed by atoms with Crippen molar-refractivity contribution < 1.29 is 18.0 Å². The number of piperidine rings is 1. The first-order valence-corrected chi connectivity index (χ1v) is 10.4. The van der Waals surface area contributed by atoms with Crippen LogP contribution in [0.5, 0.6) is 0 Å². The summed E-state index contributed by atoms with van der Waals surface area (Å²) in [7, 11) is 0. The summed E-state index contributed by atoms with van der Waals surface area (Å²) in [6, 6.07) is 13.0. The molecule has 2 amide bonds. The minimum atomic E-state index is -4.43. The lowest BCUT2D eigenvalue weighted by Gasteiger charge is -2.37. The topological polar surface area (TPSA) is 35.6 Å². The standard InChI is InChI=1S/C23H26F3N3O/c24-23(25,26)20-8-3-9-21(13-20)27-22(30)29-11-4-5-17(15-29)14-28-12-10-18-6-1-2-7-19(18)16-28/h1-3,6-9,13,17H,4-5,10-12,14-16H2,(H,27,30)/t17-/m0/s1. The Kier molecular flexibility index (Phi) is 5.99. The number of carbonyl (C=O) groups is 1. The van der Waals surface area contributed by atoms with Gasteiger partial charge in [0.15, 0.2) is 0 Å². The van der Waals surface area contributed by atoms with E-state index in [1.165, 1.54) is 23.3 Å². The van der Waals surface area contributed by atoms with Gasteiger partial charge in [-0.1, -0.05) is 30.3 Å². The molecule has 2 aromatic carbocycles. The van der Waals surface area contributed by atoms with Crippen LogP contribution in [0.15, 0.2) is 48.5 Å². The van der Waals surface area contributed by atoms with Gasteiger partial charge in [0, 0.05) is 38.4 Å². The van der Waals surface area contributed by atoms with Gasteiger partial charge in [0.1, 0.15) is 0 Å². The van der Waals surface area contributed by atoms with E-state index in [9.17, 15) is 18.0 Å². The molecule has 0 unspecified atom stereocenters. The Labute approximate surface area is 174 Å². The van der Waals surface area contributed by atoms with E-state index in [1.807, 2.05) is 0 Å². The van der Waals surface area contributed by atoms with Gasteiger partial charge in [-0.05, 0) is 54.5 Å². The fourth-order valence-electron chi connectivity index (χ4n) is 4.45. The third-order valence-corrected chi connectivity index (χ3v) is 5.97. The van der Waals surface area contributed by atoms with E-state index in [0.29, 0.717) is 19.0 Å². The maximum absolute atomic E-state index is 12.9. The third kappa shape index (κ3) is 4.95. The zero-order valence-electron chi connectivity index (χ0n) is 16.8. The molecule has 2 aromatic rings. The number of nitrogens with zero attached hydrogens (tertiary/aromatic N) is 2. The Hall–Kier alpha value is -2.54. The van der Waals surface area contributed by atoms with Crippen LogP contribution in [0.2, 0.25) is 0 Å². The first-order chi connectivity index (χ1) is 14.4. The fourth-order valence-corrected chi connectivity index (χ4v) is 4.45. The number of hydrogen-bond acceptors (Lipinski definition) is 2. The number of urea groups is 1. The summed E-state index contributed by atoms with van der Waals surface area (Å²) < 4.78 is 38.7. The molecule has 1 N–H and O–H groups in total. The number of hydrogen-bond donors (Lipinski definition) is 1. The highest BCUT2D eigenvalue weighted by atomic mass is 19.4. The molecule has 0 saturated carbocycles. The molecule has 2 heterocycles. The fraction of sp³-hybridized carbons (Fsp3) is 0.435. The number of halogens is 3. The van der Waals surface area contributed by atoms with Crippen molar-refractivity contribution in [2.45, 2.75) is 32.0 Å². The van der Waals surface area contributed by atoms with Crippen LogP contribution in [0.1, 0.15) is 29.5 Å². The number of alkyl halides is 3. The molecule has 160 valence electrons. The molecule has 2 aliphatic rings. The average Bonchev–Trinajstić information content (AvgIpc) is 2.73. The summed E-state index contributed by atoms with van der Waals surface area (Å²) >= 11 is 0. The van der Waals surface area contributed by atoms with Gasteiger partial charge in [0.25, 0.3) is 0 Å². The van der Waals surface area contributed by atoms with Crippen molar-refractivity contribution in [2.75, 3.05) is 31.5 Å². The second kappa shape index (κ2) is 8.68. The second-order valence-electron chi connectivity index (χ2n) is 8.22. The molecule has 0 aliphatic carbocycles. The van der Waals surface area contributed by atoms with E-state index in [1.54, 1.807) is 4.90 Å². The van der Waals surface area contributed by atoms with Gasteiger partial charge in [0.2, 0.25) is 0 Å². The van der Waals surface area contributed by atoms with E-state index < -0.39 is 11.7 Å². The van der Waals surface area contributed by atoms with E-state index in [0.717, 1.165) is 51.0 Å². The zero-order chi connectivity index (χ0) is 21.1. The number of likely N-dealkylation sites (tertiary alicyclic amines) is 1. The molecule has 1 fully saturated rings. The Bertz CT molecular complexity index is 899. The van der Waals surface area contributed by atoms with Crippen molar-refractivity contribution in [1.29, 1.82) is 0 Å². The minimum Gasteiger partial charge on any atom is -0.324 e. The van der Waals surface area contributed by atoms with E-state index in [2.05, 4.69) is 34.5 Å². The lowest BCUT2D eigenvalue weighted by Crippen LogP contribution is -2.46. The number of carbonyl (C=O) groups excluding carboxylic acids is 1. The van der Waals surface area contributed by atoms with E-state index >= 15 is 0 Å². The van der Waals surface area contributed by atoms with Gasteiger partial charge >= 0.3 is 12.2 Å². The largest absolute Gasteiger partial charge is 0.416 e. The number of amides is 2. The summed E-state index contributed by atoms with van der Waals surface area (Å²) in [4.78, 5) is 16.8. The highest BCUT2D eigenvalue weighted by Crippen LogP contribution is 2.31. The number of nitrogens with one attached hydrogen (secondary N) is 1. The van der Waals surface area contributed by atoms with Gasteiger partial charge in [-0.15, -0.1) is 0 Å². The lowest BCUT2D eigenvalue weighted by atomic mass is 9.95. The molecular formula is C23H26F3N3O. The van der Waals surface area contributed by atoms with Crippen LogP contribution in [0.3, 0.4) is 0 Å². The lowest BCUT2D eigenvalue weighted by molar-refractivity contribution is -0.137. The monoisotopic (exact) mass is 417 g/mol. The van der Waals surface area contributed by atoms with Gasteiger partial charge in [-0.25, -0.2) is 4.79 Å². The summed E-state index contributed by atoms with van der Waals surface area (Å²) in [5.74, 6) is 0.372. The highest BCUT2D eigenvalue weighted by molar-refractivity contribution is 5.89. The molecule has 0 radical (unpaired) electrons. The zero-order valence-corrected chi connectivity index (χ0v) is 16.8. The first-order valence-electron chi connectivity index (χ1n) is 10.4. The van der Waals surface area contributed by atoms with E-state index in [-0.39, 0.29) is 11.7 Å². The predicted molar refractivity (Wildman–Crippen MR) is 110 cm³/mol. The highest BCUT2D eigenvalue weighted by Gasteiger charge is 2.31. The van der Waals surface area contributed by atoms with Gasteiger partial charge in [-0.2, -0.15) is 13.2 Å². The van der Waals surface area contributed by atoms with Crippen LogP contribution < -0.4 is 5.32 Å². The van der Waals surface area contributed by atoms with Crippen molar-refractivity contribution in [3.63, 3.8) is 0 Å². The summed E-state index contributed by atoms with van der Waals surface area (Å²) in [6.45, 7) is 4.14. The molecule has 0 bridgehead atoms. The van der Waals surface area contributed by atoms with Crippen molar-refractivity contribution >= 4 is 11.7 Å². The molecule has 0 aromatic heterocycles. The number of fused-ring (bicyclic) bond motifs is 1. The molecule has 0 spiro atoms. The van der Waals surface area contributed by atoms with Crippen molar-refractivity contribution in [3.05, 3.63) is 65.2 Å². The van der Waals surface area contributed by atoms with Gasteiger partial charge < -0.3 is 10.2 Å². The Balaban J connectivity index is 1.33. The van der Waals surface area contributed by atoms with Crippen LogP contribution >= 0.6 is 0 Å². The predicted octanol–water partition coefficient (Wildman–Crippen LogP) is 5.01. The van der Waals surface area contributed by atoms with Gasteiger partial charge in [0.05, 0.1) is 5.56 Å².